The molecular formula is C11H14BrF3N2O. The summed E-state index contributed by atoms with van der Waals surface area (Å²) >= 11 is 2.98. The SMILES string of the molecule is COC(C)(C)CNc1ncc(Br)cc1C(F)(F)F. The van der Waals surface area contributed by atoms with Gasteiger partial charge >= 0.3 is 6.18 Å². The van der Waals surface area contributed by atoms with Crippen molar-refractivity contribution in [3.63, 3.8) is 0 Å². The number of hydrogen-bond donors (Lipinski definition) is 1. The average molecular weight is 327 g/mol. The minimum Gasteiger partial charge on any atom is -0.377 e. The first-order chi connectivity index (χ1) is 8.15. The number of pyridine rings is 1. The van der Waals surface area contributed by atoms with Crippen LogP contribution in [0.4, 0.5) is 19.0 Å². The summed E-state index contributed by atoms with van der Waals surface area (Å²) < 4.78 is 43.8. The molecule has 0 fully saturated rings. The molecule has 0 aliphatic heterocycles. The summed E-state index contributed by atoms with van der Waals surface area (Å²) in [5.41, 5.74) is -1.37. The highest BCUT2D eigenvalue weighted by Gasteiger charge is 2.35. The second-order valence-electron chi connectivity index (χ2n) is 4.36. The van der Waals surface area contributed by atoms with Gasteiger partial charge in [0.2, 0.25) is 0 Å². The van der Waals surface area contributed by atoms with Crippen LogP contribution in [0.15, 0.2) is 16.7 Å². The minimum atomic E-state index is -4.45. The van der Waals surface area contributed by atoms with Gasteiger partial charge in [0, 0.05) is 24.3 Å². The zero-order valence-electron chi connectivity index (χ0n) is 10.2. The number of hydrogen-bond acceptors (Lipinski definition) is 3. The summed E-state index contributed by atoms with van der Waals surface area (Å²) in [6.07, 6.45) is -3.13. The van der Waals surface area contributed by atoms with Crippen molar-refractivity contribution in [1.82, 2.24) is 4.98 Å². The molecule has 0 atom stereocenters. The first-order valence-electron chi connectivity index (χ1n) is 5.17. The highest BCUT2D eigenvalue weighted by Crippen LogP contribution is 2.35. The van der Waals surface area contributed by atoms with E-state index >= 15 is 0 Å². The molecule has 3 nitrogen and oxygen atoms in total. The van der Waals surface area contributed by atoms with Crippen LogP contribution < -0.4 is 5.32 Å². The van der Waals surface area contributed by atoms with Crippen molar-refractivity contribution in [2.45, 2.75) is 25.6 Å². The van der Waals surface area contributed by atoms with Gasteiger partial charge in [0.15, 0.2) is 0 Å². The van der Waals surface area contributed by atoms with Crippen LogP contribution in [0.1, 0.15) is 19.4 Å². The summed E-state index contributed by atoms with van der Waals surface area (Å²) in [6.45, 7) is 3.76. The molecule has 1 aromatic rings. The van der Waals surface area contributed by atoms with Crippen molar-refractivity contribution in [2.24, 2.45) is 0 Å². The lowest BCUT2D eigenvalue weighted by atomic mass is 10.1. The third kappa shape index (κ3) is 4.13. The normalized spacial score (nSPS) is 12.6. The van der Waals surface area contributed by atoms with Crippen LogP contribution in [0.5, 0.6) is 0 Å². The van der Waals surface area contributed by atoms with Gasteiger partial charge < -0.3 is 10.1 Å². The fourth-order valence-corrected chi connectivity index (χ4v) is 1.50. The third-order valence-corrected chi connectivity index (χ3v) is 2.83. The lowest BCUT2D eigenvalue weighted by Gasteiger charge is -2.24. The molecule has 0 radical (unpaired) electrons. The first-order valence-corrected chi connectivity index (χ1v) is 5.97. The Morgan fingerprint density at radius 2 is 2.00 bits per heavy atom. The zero-order chi connectivity index (χ0) is 14.0. The molecule has 1 heterocycles. The topological polar surface area (TPSA) is 34.1 Å². The standard InChI is InChI=1S/C11H14BrF3N2O/c1-10(2,18-3)6-17-9-8(11(13,14)15)4-7(12)5-16-9/h4-5H,6H2,1-3H3,(H,16,17). The Labute approximate surface area is 112 Å². The van der Waals surface area contributed by atoms with E-state index in [4.69, 9.17) is 4.74 Å². The maximum atomic E-state index is 12.8. The van der Waals surface area contributed by atoms with Crippen LogP contribution in [0, 0.1) is 0 Å². The molecule has 0 amide bonds. The van der Waals surface area contributed by atoms with E-state index in [1.807, 2.05) is 0 Å². The van der Waals surface area contributed by atoms with Crippen molar-refractivity contribution < 1.29 is 17.9 Å². The van der Waals surface area contributed by atoms with Gasteiger partial charge in [0.25, 0.3) is 0 Å². The van der Waals surface area contributed by atoms with Crippen LogP contribution in [0.2, 0.25) is 0 Å². The minimum absolute atomic E-state index is 0.198. The molecule has 1 N–H and O–H groups in total. The fourth-order valence-electron chi connectivity index (χ4n) is 1.16. The van der Waals surface area contributed by atoms with Gasteiger partial charge in [-0.05, 0) is 35.8 Å². The number of alkyl halides is 3. The number of anilines is 1. The second-order valence-corrected chi connectivity index (χ2v) is 5.28. The summed E-state index contributed by atoms with van der Waals surface area (Å²) in [5.74, 6) is -0.198. The van der Waals surface area contributed by atoms with Crippen LogP contribution >= 0.6 is 15.9 Å². The van der Waals surface area contributed by atoms with Crippen LogP contribution in [0.25, 0.3) is 0 Å². The van der Waals surface area contributed by atoms with Crippen molar-refractivity contribution in [1.29, 1.82) is 0 Å². The highest BCUT2D eigenvalue weighted by atomic mass is 79.9. The molecular weight excluding hydrogens is 313 g/mol. The van der Waals surface area contributed by atoms with Crippen molar-refractivity contribution in [3.05, 3.63) is 22.3 Å². The van der Waals surface area contributed by atoms with Gasteiger partial charge in [0.1, 0.15) is 5.82 Å². The van der Waals surface area contributed by atoms with Gasteiger partial charge in [-0.3, -0.25) is 0 Å². The Morgan fingerprint density at radius 1 is 1.39 bits per heavy atom. The fraction of sp³-hybridized carbons (Fsp3) is 0.545. The molecule has 0 aliphatic carbocycles. The number of nitrogens with one attached hydrogen (secondary N) is 1. The van der Waals surface area contributed by atoms with Gasteiger partial charge in [-0.1, -0.05) is 0 Å². The number of methoxy groups -OCH3 is 1. The van der Waals surface area contributed by atoms with Crippen LogP contribution in [0.3, 0.4) is 0 Å². The Bertz CT molecular complexity index is 421. The van der Waals surface area contributed by atoms with Crippen molar-refractivity contribution >= 4 is 21.7 Å². The highest BCUT2D eigenvalue weighted by molar-refractivity contribution is 9.10. The maximum absolute atomic E-state index is 12.8. The first kappa shape index (κ1) is 15.2. The molecule has 0 saturated carbocycles. The van der Waals surface area contributed by atoms with E-state index in [9.17, 15) is 13.2 Å². The molecule has 18 heavy (non-hydrogen) atoms. The molecule has 102 valence electrons. The summed E-state index contributed by atoms with van der Waals surface area (Å²) in [5, 5.41) is 2.66. The lowest BCUT2D eigenvalue weighted by Crippen LogP contribution is -2.32. The molecule has 0 spiro atoms. The molecule has 7 heteroatoms. The lowest BCUT2D eigenvalue weighted by molar-refractivity contribution is -0.137. The van der Waals surface area contributed by atoms with Crippen molar-refractivity contribution in [2.75, 3.05) is 19.0 Å². The van der Waals surface area contributed by atoms with Crippen LogP contribution in [-0.4, -0.2) is 24.2 Å². The van der Waals surface area contributed by atoms with E-state index < -0.39 is 17.3 Å². The third-order valence-electron chi connectivity index (χ3n) is 2.39. The Hall–Kier alpha value is -0.820. The van der Waals surface area contributed by atoms with Gasteiger partial charge in [-0.15, -0.1) is 0 Å². The summed E-state index contributed by atoms with van der Waals surface area (Å²) in [6, 6.07) is 0.995. The Balaban J connectivity index is 2.96. The number of ether oxygens (including phenoxy) is 1. The van der Waals surface area contributed by atoms with Gasteiger partial charge in [-0.25, -0.2) is 4.98 Å². The number of nitrogens with zero attached hydrogens (tertiary/aromatic N) is 1. The van der Waals surface area contributed by atoms with Gasteiger partial charge in [-0.2, -0.15) is 13.2 Å². The number of aromatic nitrogens is 1. The van der Waals surface area contributed by atoms with E-state index in [1.165, 1.54) is 13.3 Å². The van der Waals surface area contributed by atoms with E-state index in [1.54, 1.807) is 13.8 Å². The number of rotatable bonds is 4. The molecule has 0 bridgehead atoms. The second kappa shape index (κ2) is 5.44. The monoisotopic (exact) mass is 326 g/mol. The van der Waals surface area contributed by atoms with E-state index in [0.717, 1.165) is 6.07 Å². The molecule has 0 aromatic carbocycles. The quantitative estimate of drug-likeness (QED) is 0.916. The zero-order valence-corrected chi connectivity index (χ0v) is 11.8. The van der Waals surface area contributed by atoms with E-state index in [-0.39, 0.29) is 16.8 Å². The van der Waals surface area contributed by atoms with Gasteiger partial charge in [0.05, 0.1) is 11.2 Å². The smallest absolute Gasteiger partial charge is 0.377 e. The van der Waals surface area contributed by atoms with E-state index in [0.29, 0.717) is 0 Å². The summed E-state index contributed by atoms with van der Waals surface area (Å²) in [7, 11) is 1.50. The predicted molar refractivity (Wildman–Crippen MR) is 66.5 cm³/mol. The average Bonchev–Trinajstić information content (AvgIpc) is 2.26. The molecule has 0 saturated heterocycles. The Morgan fingerprint density at radius 3 is 2.50 bits per heavy atom. The van der Waals surface area contributed by atoms with Crippen molar-refractivity contribution in [3.8, 4) is 0 Å². The number of halogens is 4. The van der Waals surface area contributed by atoms with Crippen LogP contribution in [-0.2, 0) is 10.9 Å². The largest absolute Gasteiger partial charge is 0.419 e. The van der Waals surface area contributed by atoms with E-state index in [2.05, 4.69) is 26.2 Å². The molecule has 1 rings (SSSR count). The maximum Gasteiger partial charge on any atom is 0.419 e. The molecule has 1 aromatic heterocycles. The molecule has 0 aliphatic rings. The summed E-state index contributed by atoms with van der Waals surface area (Å²) in [4.78, 5) is 3.75. The predicted octanol–water partition coefficient (Wildman–Crippen LogP) is 3.70. The molecule has 0 unspecified atom stereocenters. The Kier molecular flexibility index (Phi) is 4.61.